The van der Waals surface area contributed by atoms with E-state index in [-0.39, 0.29) is 69.7 Å². The van der Waals surface area contributed by atoms with E-state index in [0.717, 1.165) is 0 Å². The van der Waals surface area contributed by atoms with Crippen LogP contribution in [0.15, 0.2) is 18.5 Å². The first-order valence-corrected chi connectivity index (χ1v) is 5.64. The van der Waals surface area contributed by atoms with Crippen molar-refractivity contribution >= 4 is 17.8 Å². The first-order valence-electron chi connectivity index (χ1n) is 5.64. The molecular formula is C12H16KN3O3. The van der Waals surface area contributed by atoms with Gasteiger partial charge in [0.05, 0.1) is 0 Å². The standard InChI is InChI=1S/C12H17N3O3.K/c1-8(2)12(3,10(17)18)7-9(16)15-11-13-5-4-6-14-11;/h4-6,8H,7H2,1-3H3,(H,17,18)(H,13,14,15,16);/q;+1/p-1. The van der Waals surface area contributed by atoms with Crippen molar-refractivity contribution in [3.63, 3.8) is 0 Å². The number of amides is 1. The van der Waals surface area contributed by atoms with E-state index >= 15 is 0 Å². The van der Waals surface area contributed by atoms with Crippen LogP contribution in [0, 0.1) is 11.3 Å². The molecule has 1 aromatic heterocycles. The summed E-state index contributed by atoms with van der Waals surface area (Å²) in [5.74, 6) is -1.74. The van der Waals surface area contributed by atoms with Crippen LogP contribution in [0.3, 0.4) is 0 Å². The minimum absolute atomic E-state index is 0. The molecule has 0 saturated heterocycles. The molecule has 0 spiro atoms. The van der Waals surface area contributed by atoms with Crippen LogP contribution in [0.2, 0.25) is 0 Å². The molecule has 1 rings (SSSR count). The monoisotopic (exact) mass is 289 g/mol. The zero-order chi connectivity index (χ0) is 13.8. The topological polar surface area (TPSA) is 95.0 Å². The van der Waals surface area contributed by atoms with Crippen LogP contribution < -0.4 is 61.8 Å². The van der Waals surface area contributed by atoms with Gasteiger partial charge in [-0.15, -0.1) is 0 Å². The van der Waals surface area contributed by atoms with Crippen molar-refractivity contribution in [2.75, 3.05) is 5.32 Å². The number of anilines is 1. The summed E-state index contributed by atoms with van der Waals surface area (Å²) in [6.45, 7) is 4.97. The maximum absolute atomic E-state index is 11.8. The molecule has 1 aromatic rings. The van der Waals surface area contributed by atoms with Gasteiger partial charge in [0.15, 0.2) is 0 Å². The zero-order valence-corrected chi connectivity index (χ0v) is 14.8. The first-order chi connectivity index (χ1) is 8.36. The van der Waals surface area contributed by atoms with Gasteiger partial charge in [0.25, 0.3) is 0 Å². The van der Waals surface area contributed by atoms with Gasteiger partial charge < -0.3 is 9.90 Å². The Morgan fingerprint density at radius 1 is 1.37 bits per heavy atom. The van der Waals surface area contributed by atoms with Crippen LogP contribution in [0.25, 0.3) is 0 Å². The van der Waals surface area contributed by atoms with E-state index in [1.165, 1.54) is 19.3 Å². The van der Waals surface area contributed by atoms with E-state index in [4.69, 9.17) is 0 Å². The Morgan fingerprint density at radius 2 is 1.89 bits per heavy atom. The van der Waals surface area contributed by atoms with Gasteiger partial charge in [-0.3, -0.25) is 10.1 Å². The summed E-state index contributed by atoms with van der Waals surface area (Å²) in [5, 5.41) is 13.6. The fourth-order valence-corrected chi connectivity index (χ4v) is 1.38. The molecule has 0 radical (unpaired) electrons. The smallest absolute Gasteiger partial charge is 0.550 e. The number of nitrogens with one attached hydrogen (secondary N) is 1. The molecular weight excluding hydrogens is 273 g/mol. The molecule has 0 aliphatic rings. The molecule has 1 heterocycles. The number of aliphatic carboxylic acids is 1. The minimum atomic E-state index is -1.23. The van der Waals surface area contributed by atoms with Gasteiger partial charge in [0, 0.05) is 30.2 Å². The minimum Gasteiger partial charge on any atom is -0.550 e. The van der Waals surface area contributed by atoms with Gasteiger partial charge in [-0.25, -0.2) is 9.97 Å². The average molecular weight is 289 g/mol. The van der Waals surface area contributed by atoms with Gasteiger partial charge in [-0.2, -0.15) is 0 Å². The van der Waals surface area contributed by atoms with Gasteiger partial charge in [0.1, 0.15) is 0 Å². The maximum atomic E-state index is 11.8. The van der Waals surface area contributed by atoms with Crippen LogP contribution in [0.1, 0.15) is 27.2 Å². The largest absolute Gasteiger partial charge is 1.00 e. The molecule has 1 unspecified atom stereocenters. The Kier molecular flexibility index (Phi) is 7.91. The molecule has 6 nitrogen and oxygen atoms in total. The second-order valence-corrected chi connectivity index (χ2v) is 4.66. The summed E-state index contributed by atoms with van der Waals surface area (Å²) in [6.07, 6.45) is 2.80. The molecule has 1 atom stereocenters. The number of carbonyl (C=O) groups is 2. The van der Waals surface area contributed by atoms with Crippen LogP contribution in [-0.2, 0) is 9.59 Å². The van der Waals surface area contributed by atoms with Gasteiger partial charge >= 0.3 is 51.4 Å². The van der Waals surface area contributed by atoms with Crippen molar-refractivity contribution < 1.29 is 66.1 Å². The Labute approximate surface area is 154 Å². The summed E-state index contributed by atoms with van der Waals surface area (Å²) >= 11 is 0. The summed E-state index contributed by atoms with van der Waals surface area (Å²) in [6, 6.07) is 1.62. The van der Waals surface area contributed by atoms with Crippen molar-refractivity contribution in [1.82, 2.24) is 9.97 Å². The first kappa shape index (κ1) is 18.7. The number of carbonyl (C=O) groups excluding carboxylic acids is 2. The van der Waals surface area contributed by atoms with E-state index in [0.29, 0.717) is 0 Å². The number of hydrogen-bond donors (Lipinski definition) is 1. The number of carboxylic acids is 1. The third-order valence-corrected chi connectivity index (χ3v) is 3.09. The third-order valence-electron chi connectivity index (χ3n) is 3.09. The number of rotatable bonds is 5. The molecule has 0 fully saturated rings. The normalized spacial score (nSPS) is 13.3. The van der Waals surface area contributed by atoms with Crippen LogP contribution >= 0.6 is 0 Å². The quantitative estimate of drug-likeness (QED) is 0.592. The molecule has 0 aliphatic carbocycles. The SMILES string of the molecule is CC(C)C(C)(CC(=O)Nc1ncccn1)C(=O)[O-].[K+]. The van der Waals surface area contributed by atoms with Crippen molar-refractivity contribution in [3.8, 4) is 0 Å². The fourth-order valence-electron chi connectivity index (χ4n) is 1.38. The number of carboxylic acid groups (broad SMARTS) is 1. The molecule has 19 heavy (non-hydrogen) atoms. The molecule has 1 N–H and O–H groups in total. The molecule has 0 aromatic carbocycles. The fraction of sp³-hybridized carbons (Fsp3) is 0.500. The summed E-state index contributed by atoms with van der Waals surface area (Å²) < 4.78 is 0. The number of nitrogens with zero attached hydrogens (tertiary/aromatic N) is 2. The van der Waals surface area contributed by atoms with Crippen molar-refractivity contribution in [1.29, 1.82) is 0 Å². The van der Waals surface area contributed by atoms with E-state index in [2.05, 4.69) is 15.3 Å². The second-order valence-electron chi connectivity index (χ2n) is 4.66. The molecule has 1 amide bonds. The Bertz CT molecular complexity index is 439. The number of hydrogen-bond acceptors (Lipinski definition) is 5. The van der Waals surface area contributed by atoms with Crippen LogP contribution in [0.5, 0.6) is 0 Å². The molecule has 7 heteroatoms. The van der Waals surface area contributed by atoms with Crippen LogP contribution in [-0.4, -0.2) is 21.8 Å². The zero-order valence-electron chi connectivity index (χ0n) is 11.6. The summed E-state index contributed by atoms with van der Waals surface area (Å²) in [7, 11) is 0. The van der Waals surface area contributed by atoms with Gasteiger partial charge in [-0.05, 0) is 12.0 Å². The molecule has 0 aliphatic heterocycles. The van der Waals surface area contributed by atoms with Gasteiger partial charge in [0.2, 0.25) is 11.9 Å². The predicted octanol–water partition coefficient (Wildman–Crippen LogP) is -2.78. The Balaban J connectivity index is 0.00000324. The van der Waals surface area contributed by atoms with E-state index < -0.39 is 17.3 Å². The predicted molar refractivity (Wildman–Crippen MR) is 63.2 cm³/mol. The third kappa shape index (κ3) is 5.27. The maximum Gasteiger partial charge on any atom is 1.00 e. The average Bonchev–Trinajstić information content (AvgIpc) is 2.29. The van der Waals surface area contributed by atoms with Crippen molar-refractivity contribution in [2.45, 2.75) is 27.2 Å². The number of aromatic nitrogens is 2. The second kappa shape index (κ2) is 8.06. The van der Waals surface area contributed by atoms with Crippen molar-refractivity contribution in [2.24, 2.45) is 11.3 Å². The molecule has 0 saturated carbocycles. The van der Waals surface area contributed by atoms with Crippen LogP contribution in [0.4, 0.5) is 5.95 Å². The summed E-state index contributed by atoms with van der Waals surface area (Å²) in [4.78, 5) is 30.5. The Morgan fingerprint density at radius 3 is 2.32 bits per heavy atom. The molecule has 0 bridgehead atoms. The van der Waals surface area contributed by atoms with Gasteiger partial charge in [-0.1, -0.05) is 20.8 Å². The van der Waals surface area contributed by atoms with E-state index in [1.807, 2.05) is 0 Å². The van der Waals surface area contributed by atoms with E-state index in [1.54, 1.807) is 19.9 Å². The summed E-state index contributed by atoms with van der Waals surface area (Å²) in [5.41, 5.74) is -1.21. The van der Waals surface area contributed by atoms with Crippen molar-refractivity contribution in [3.05, 3.63) is 18.5 Å². The van der Waals surface area contributed by atoms with E-state index in [9.17, 15) is 14.7 Å². The Hall–Kier alpha value is -0.344. The molecule has 98 valence electrons.